The zero-order chi connectivity index (χ0) is 10.3. The highest BCUT2D eigenvalue weighted by molar-refractivity contribution is 7.91. The molecule has 0 aromatic rings. The maximum atomic E-state index is 11.2. The predicted molar refractivity (Wildman–Crippen MR) is 50.1 cm³/mol. The third-order valence-electron chi connectivity index (χ3n) is 2.76. The smallest absolute Gasteiger partial charge is 0.219 e. The molecule has 76 valence electrons. The molecule has 5 heteroatoms. The number of sulfone groups is 1. The number of rotatable bonds is 1. The van der Waals surface area contributed by atoms with Gasteiger partial charge in [-0.2, -0.15) is 0 Å². The van der Waals surface area contributed by atoms with E-state index in [4.69, 9.17) is 0 Å². The van der Waals surface area contributed by atoms with Crippen molar-refractivity contribution >= 4 is 15.7 Å². The summed E-state index contributed by atoms with van der Waals surface area (Å²) >= 11 is 0. The van der Waals surface area contributed by atoms with Gasteiger partial charge in [0.15, 0.2) is 9.84 Å². The fourth-order valence-electron chi connectivity index (χ4n) is 1.64. The maximum Gasteiger partial charge on any atom is 0.219 e. The summed E-state index contributed by atoms with van der Waals surface area (Å²) in [6, 6.07) is 0. The summed E-state index contributed by atoms with van der Waals surface area (Å²) in [5.41, 5.74) is -0.495. The normalized spacial score (nSPS) is 31.6. The summed E-state index contributed by atoms with van der Waals surface area (Å²) in [7, 11) is -1.27. The van der Waals surface area contributed by atoms with E-state index in [-0.39, 0.29) is 17.4 Å². The molecule has 0 aromatic heterocycles. The molecule has 1 aliphatic heterocycles. The lowest BCUT2D eigenvalue weighted by molar-refractivity contribution is -0.131. The van der Waals surface area contributed by atoms with Crippen LogP contribution in [0.4, 0.5) is 0 Å². The molecule has 4 nitrogen and oxygen atoms in total. The van der Waals surface area contributed by atoms with Crippen molar-refractivity contribution in [2.75, 3.05) is 18.6 Å². The van der Waals surface area contributed by atoms with Crippen LogP contribution in [-0.2, 0) is 14.6 Å². The summed E-state index contributed by atoms with van der Waals surface area (Å²) < 4.78 is 22.5. The van der Waals surface area contributed by atoms with Crippen molar-refractivity contribution in [3.63, 3.8) is 0 Å². The molecule has 0 saturated carbocycles. The molecular weight excluding hydrogens is 190 g/mol. The first-order valence-corrected chi connectivity index (χ1v) is 6.04. The second-order valence-corrected chi connectivity index (χ2v) is 6.10. The first kappa shape index (κ1) is 10.5. The second-order valence-electron chi connectivity index (χ2n) is 3.92. The highest BCUT2D eigenvalue weighted by Crippen LogP contribution is 2.28. The van der Waals surface area contributed by atoms with Crippen molar-refractivity contribution in [2.45, 2.75) is 25.8 Å². The standard InChI is InChI=1S/C8H15NO3S/c1-7(10)9(3)8(2)4-5-13(11,12)6-8/h4-6H2,1-3H3/t8-/m0/s1. The molecule has 1 aliphatic rings. The number of carbonyl (C=O) groups excluding carboxylic acids is 1. The van der Waals surface area contributed by atoms with E-state index in [9.17, 15) is 13.2 Å². The van der Waals surface area contributed by atoms with Crippen LogP contribution in [0.2, 0.25) is 0 Å². The van der Waals surface area contributed by atoms with Crippen LogP contribution in [0.15, 0.2) is 0 Å². The van der Waals surface area contributed by atoms with E-state index in [1.165, 1.54) is 11.8 Å². The van der Waals surface area contributed by atoms with Crippen LogP contribution in [0, 0.1) is 0 Å². The Kier molecular flexibility index (Phi) is 2.40. The van der Waals surface area contributed by atoms with Gasteiger partial charge in [0.25, 0.3) is 0 Å². The van der Waals surface area contributed by atoms with E-state index in [1.54, 1.807) is 7.05 Å². The van der Waals surface area contributed by atoms with Crippen molar-refractivity contribution < 1.29 is 13.2 Å². The molecule has 1 amide bonds. The van der Waals surface area contributed by atoms with Gasteiger partial charge in [0.05, 0.1) is 17.0 Å². The Morgan fingerprint density at radius 3 is 2.31 bits per heavy atom. The third-order valence-corrected chi connectivity index (χ3v) is 4.65. The van der Waals surface area contributed by atoms with Crippen molar-refractivity contribution in [1.82, 2.24) is 4.90 Å². The number of nitrogens with zero attached hydrogens (tertiary/aromatic N) is 1. The minimum absolute atomic E-state index is 0.0837. The average molecular weight is 205 g/mol. The average Bonchev–Trinajstić information content (AvgIpc) is 2.25. The van der Waals surface area contributed by atoms with Gasteiger partial charge >= 0.3 is 0 Å². The summed E-state index contributed by atoms with van der Waals surface area (Å²) in [6.07, 6.45) is 0.547. The van der Waals surface area contributed by atoms with Crippen LogP contribution < -0.4 is 0 Å². The Morgan fingerprint density at radius 1 is 1.46 bits per heavy atom. The molecule has 0 aromatic carbocycles. The second kappa shape index (κ2) is 2.97. The van der Waals surface area contributed by atoms with E-state index >= 15 is 0 Å². The van der Waals surface area contributed by atoms with Crippen LogP contribution in [0.3, 0.4) is 0 Å². The van der Waals surface area contributed by atoms with Crippen molar-refractivity contribution in [3.05, 3.63) is 0 Å². The molecular formula is C8H15NO3S. The van der Waals surface area contributed by atoms with E-state index in [1.807, 2.05) is 6.92 Å². The minimum atomic E-state index is -2.93. The quantitative estimate of drug-likeness (QED) is 0.607. The molecule has 0 radical (unpaired) electrons. The summed E-state index contributed by atoms with van der Waals surface area (Å²) in [6.45, 7) is 3.27. The van der Waals surface area contributed by atoms with Crippen molar-refractivity contribution in [3.8, 4) is 0 Å². The van der Waals surface area contributed by atoms with Crippen molar-refractivity contribution in [2.24, 2.45) is 0 Å². The lowest BCUT2D eigenvalue weighted by Gasteiger charge is -2.33. The van der Waals surface area contributed by atoms with E-state index in [2.05, 4.69) is 0 Å². The Balaban J connectivity index is 2.87. The van der Waals surface area contributed by atoms with Crippen LogP contribution in [0.25, 0.3) is 0 Å². The molecule has 13 heavy (non-hydrogen) atoms. The Labute approximate surface area is 78.8 Å². The predicted octanol–water partition coefficient (Wildman–Crippen LogP) is 0.0419. The minimum Gasteiger partial charge on any atom is -0.340 e. The summed E-state index contributed by atoms with van der Waals surface area (Å²) in [4.78, 5) is 12.6. The zero-order valence-electron chi connectivity index (χ0n) is 8.20. The first-order valence-electron chi connectivity index (χ1n) is 4.22. The molecule has 0 aliphatic carbocycles. The van der Waals surface area contributed by atoms with Gasteiger partial charge in [-0.05, 0) is 13.3 Å². The van der Waals surface area contributed by atoms with Gasteiger partial charge in [-0.1, -0.05) is 0 Å². The van der Waals surface area contributed by atoms with Crippen LogP contribution in [-0.4, -0.2) is 43.3 Å². The van der Waals surface area contributed by atoms with E-state index in [0.29, 0.717) is 6.42 Å². The van der Waals surface area contributed by atoms with Gasteiger partial charge < -0.3 is 4.90 Å². The Hall–Kier alpha value is -0.580. The zero-order valence-corrected chi connectivity index (χ0v) is 9.02. The fraction of sp³-hybridized carbons (Fsp3) is 0.875. The van der Waals surface area contributed by atoms with Gasteiger partial charge in [0.1, 0.15) is 0 Å². The largest absolute Gasteiger partial charge is 0.340 e. The fourth-order valence-corrected chi connectivity index (χ4v) is 3.82. The molecule has 1 atom stereocenters. The van der Waals surface area contributed by atoms with Gasteiger partial charge in [0.2, 0.25) is 5.91 Å². The molecule has 0 spiro atoms. The van der Waals surface area contributed by atoms with E-state index in [0.717, 1.165) is 0 Å². The lowest BCUT2D eigenvalue weighted by atomic mass is 10.0. The highest BCUT2D eigenvalue weighted by Gasteiger charge is 2.42. The molecule has 0 N–H and O–H groups in total. The van der Waals surface area contributed by atoms with Crippen LogP contribution >= 0.6 is 0 Å². The van der Waals surface area contributed by atoms with Gasteiger partial charge in [-0.3, -0.25) is 4.79 Å². The summed E-state index contributed by atoms with van der Waals surface area (Å²) in [5.74, 6) is 0.205. The molecule has 1 rings (SSSR count). The van der Waals surface area contributed by atoms with Crippen LogP contribution in [0.1, 0.15) is 20.3 Å². The number of hydrogen-bond donors (Lipinski definition) is 0. The van der Waals surface area contributed by atoms with Crippen molar-refractivity contribution in [1.29, 1.82) is 0 Å². The molecule has 1 fully saturated rings. The Bertz CT molecular complexity index is 322. The number of hydrogen-bond acceptors (Lipinski definition) is 3. The highest BCUT2D eigenvalue weighted by atomic mass is 32.2. The first-order chi connectivity index (χ1) is 5.77. The lowest BCUT2D eigenvalue weighted by Crippen LogP contribution is -2.47. The molecule has 0 unspecified atom stereocenters. The third kappa shape index (κ3) is 2.02. The molecule has 0 bridgehead atoms. The van der Waals surface area contributed by atoms with Gasteiger partial charge in [0, 0.05) is 14.0 Å². The summed E-state index contributed by atoms with van der Waals surface area (Å²) in [5, 5.41) is 0. The topological polar surface area (TPSA) is 54.5 Å². The van der Waals surface area contributed by atoms with Gasteiger partial charge in [-0.25, -0.2) is 8.42 Å². The Morgan fingerprint density at radius 2 is 2.00 bits per heavy atom. The molecule has 1 heterocycles. The number of carbonyl (C=O) groups is 1. The monoisotopic (exact) mass is 205 g/mol. The SMILES string of the molecule is CC(=O)N(C)[C@@]1(C)CCS(=O)(=O)C1. The van der Waals surface area contributed by atoms with E-state index < -0.39 is 15.4 Å². The molecule has 1 saturated heterocycles. The maximum absolute atomic E-state index is 11.2. The number of amides is 1. The van der Waals surface area contributed by atoms with Gasteiger partial charge in [-0.15, -0.1) is 0 Å². The van der Waals surface area contributed by atoms with Crippen LogP contribution in [0.5, 0.6) is 0 Å².